The summed E-state index contributed by atoms with van der Waals surface area (Å²) in [5.74, 6) is 1.41. The average molecular weight is 418 g/mol. The number of ether oxygens (including phenoxy) is 2. The third-order valence-electron chi connectivity index (χ3n) is 4.71. The molecule has 1 aliphatic rings. The van der Waals surface area contributed by atoms with Crippen molar-refractivity contribution in [1.29, 1.82) is 0 Å². The second kappa shape index (κ2) is 8.00. The Morgan fingerprint density at radius 1 is 1.03 bits per heavy atom. The highest BCUT2D eigenvalue weighted by atomic mass is 32.1. The van der Waals surface area contributed by atoms with Gasteiger partial charge in [0.25, 0.3) is 5.91 Å². The molecule has 3 heterocycles. The standard InChI is InChI=1S/C22H18N4O3S/c27-21(24-12-15-2-1-7-23-10-15)16-4-5-17-20(9-16)30-22(26-17)25-11-14-3-6-18-19(8-14)29-13-28-18/h1-10H,11-13H2,(H,24,27)(H,25,26). The molecule has 5 rings (SSSR count). The number of benzene rings is 2. The van der Waals surface area contributed by atoms with Crippen LogP contribution in [0.3, 0.4) is 0 Å². The van der Waals surface area contributed by atoms with Crippen molar-refractivity contribution in [2.75, 3.05) is 12.1 Å². The van der Waals surface area contributed by atoms with Gasteiger partial charge in [-0.15, -0.1) is 0 Å². The van der Waals surface area contributed by atoms with Crippen molar-refractivity contribution in [3.8, 4) is 11.5 Å². The van der Waals surface area contributed by atoms with Crippen molar-refractivity contribution in [2.24, 2.45) is 0 Å². The molecule has 4 aromatic rings. The van der Waals surface area contributed by atoms with E-state index in [2.05, 4.69) is 20.6 Å². The fourth-order valence-electron chi connectivity index (χ4n) is 3.16. The van der Waals surface area contributed by atoms with Crippen LogP contribution in [0.1, 0.15) is 21.5 Å². The molecule has 0 saturated heterocycles. The molecule has 0 atom stereocenters. The molecule has 150 valence electrons. The lowest BCUT2D eigenvalue weighted by Gasteiger charge is -2.04. The third-order valence-corrected chi connectivity index (χ3v) is 5.68. The molecule has 0 aliphatic carbocycles. The highest BCUT2D eigenvalue weighted by Crippen LogP contribution is 2.33. The van der Waals surface area contributed by atoms with E-state index in [0.717, 1.165) is 38.0 Å². The van der Waals surface area contributed by atoms with Crippen LogP contribution in [0.4, 0.5) is 5.13 Å². The minimum atomic E-state index is -0.121. The lowest BCUT2D eigenvalue weighted by molar-refractivity contribution is 0.0951. The summed E-state index contributed by atoms with van der Waals surface area (Å²) in [6, 6.07) is 15.2. The SMILES string of the molecule is O=C(NCc1cccnc1)c1ccc2nc(NCc3ccc4c(c3)OCO4)sc2c1. The Bertz CT molecular complexity index is 1210. The molecule has 8 heteroatoms. The smallest absolute Gasteiger partial charge is 0.251 e. The normalized spacial score (nSPS) is 12.1. The zero-order chi connectivity index (χ0) is 20.3. The number of nitrogens with one attached hydrogen (secondary N) is 2. The van der Waals surface area contributed by atoms with Crippen LogP contribution in [0.2, 0.25) is 0 Å². The number of carbonyl (C=O) groups excluding carboxylic acids is 1. The first kappa shape index (κ1) is 18.4. The molecule has 0 spiro atoms. The molecular weight excluding hydrogens is 400 g/mol. The highest BCUT2D eigenvalue weighted by Gasteiger charge is 2.14. The maximum absolute atomic E-state index is 12.5. The van der Waals surface area contributed by atoms with Crippen molar-refractivity contribution in [3.05, 3.63) is 77.6 Å². The summed E-state index contributed by atoms with van der Waals surface area (Å²) in [6.45, 7) is 1.33. The number of nitrogens with zero attached hydrogens (tertiary/aromatic N) is 2. The zero-order valence-corrected chi connectivity index (χ0v) is 16.7. The molecule has 2 N–H and O–H groups in total. The van der Waals surface area contributed by atoms with Crippen molar-refractivity contribution in [1.82, 2.24) is 15.3 Å². The van der Waals surface area contributed by atoms with Crippen LogP contribution in [0, 0.1) is 0 Å². The van der Waals surface area contributed by atoms with E-state index in [-0.39, 0.29) is 12.7 Å². The van der Waals surface area contributed by atoms with Crippen LogP contribution in [0.25, 0.3) is 10.2 Å². The van der Waals surface area contributed by atoms with E-state index in [1.54, 1.807) is 18.5 Å². The Morgan fingerprint density at radius 2 is 1.97 bits per heavy atom. The fourth-order valence-corrected chi connectivity index (χ4v) is 4.06. The van der Waals surface area contributed by atoms with Crippen LogP contribution < -0.4 is 20.1 Å². The quantitative estimate of drug-likeness (QED) is 0.493. The Labute approximate surface area is 176 Å². The number of anilines is 1. The van der Waals surface area contributed by atoms with Crippen molar-refractivity contribution < 1.29 is 14.3 Å². The summed E-state index contributed by atoms with van der Waals surface area (Å²) >= 11 is 1.52. The van der Waals surface area contributed by atoms with Gasteiger partial charge in [0.15, 0.2) is 16.6 Å². The molecule has 0 fully saturated rings. The van der Waals surface area contributed by atoms with E-state index in [9.17, 15) is 4.79 Å². The largest absolute Gasteiger partial charge is 0.454 e. The average Bonchev–Trinajstić information content (AvgIpc) is 3.42. The Morgan fingerprint density at radius 3 is 2.87 bits per heavy atom. The molecule has 2 aromatic carbocycles. The summed E-state index contributed by atoms with van der Waals surface area (Å²) < 4.78 is 11.7. The third kappa shape index (κ3) is 3.90. The van der Waals surface area contributed by atoms with E-state index in [4.69, 9.17) is 9.47 Å². The molecule has 0 unspecified atom stereocenters. The van der Waals surface area contributed by atoms with Gasteiger partial charge in [-0.2, -0.15) is 0 Å². The van der Waals surface area contributed by atoms with E-state index in [1.807, 2.05) is 42.5 Å². The molecule has 2 aromatic heterocycles. The van der Waals surface area contributed by atoms with Crippen LogP contribution in [0.5, 0.6) is 11.5 Å². The predicted molar refractivity (Wildman–Crippen MR) is 115 cm³/mol. The number of fused-ring (bicyclic) bond motifs is 2. The molecule has 1 aliphatic heterocycles. The van der Waals surface area contributed by atoms with E-state index < -0.39 is 0 Å². The minimum Gasteiger partial charge on any atom is -0.454 e. The molecule has 1 amide bonds. The number of hydrogen-bond donors (Lipinski definition) is 2. The Kier molecular flexibility index (Phi) is 4.90. The van der Waals surface area contributed by atoms with Crippen molar-refractivity contribution in [3.63, 3.8) is 0 Å². The predicted octanol–water partition coefficient (Wildman–Crippen LogP) is 3.96. The van der Waals surface area contributed by atoms with Gasteiger partial charge in [-0.25, -0.2) is 4.98 Å². The lowest BCUT2D eigenvalue weighted by atomic mass is 10.2. The number of hydrogen-bond acceptors (Lipinski definition) is 7. The Hall–Kier alpha value is -3.65. The van der Waals surface area contributed by atoms with E-state index in [1.165, 1.54) is 11.3 Å². The maximum Gasteiger partial charge on any atom is 0.251 e. The van der Waals surface area contributed by atoms with Crippen LogP contribution in [0.15, 0.2) is 60.9 Å². The summed E-state index contributed by atoms with van der Waals surface area (Å²) in [4.78, 5) is 21.2. The maximum atomic E-state index is 12.5. The monoisotopic (exact) mass is 418 g/mol. The van der Waals surface area contributed by atoms with Crippen molar-refractivity contribution in [2.45, 2.75) is 13.1 Å². The minimum absolute atomic E-state index is 0.121. The number of rotatable bonds is 6. The number of thiazole rings is 1. The van der Waals surface area contributed by atoms with Gasteiger partial charge in [-0.05, 0) is 47.5 Å². The fraction of sp³-hybridized carbons (Fsp3) is 0.136. The highest BCUT2D eigenvalue weighted by molar-refractivity contribution is 7.22. The first-order valence-electron chi connectivity index (χ1n) is 9.45. The van der Waals surface area contributed by atoms with Gasteiger partial charge in [0, 0.05) is 31.0 Å². The van der Waals surface area contributed by atoms with Gasteiger partial charge in [-0.3, -0.25) is 9.78 Å². The van der Waals surface area contributed by atoms with Gasteiger partial charge < -0.3 is 20.1 Å². The topological polar surface area (TPSA) is 85.4 Å². The van der Waals surface area contributed by atoms with Gasteiger partial charge in [0.1, 0.15) is 0 Å². The van der Waals surface area contributed by atoms with Crippen LogP contribution in [-0.2, 0) is 13.1 Å². The summed E-state index contributed by atoms with van der Waals surface area (Å²) in [5.41, 5.74) is 3.50. The number of aromatic nitrogens is 2. The molecular formula is C22H18N4O3S. The van der Waals surface area contributed by atoms with E-state index in [0.29, 0.717) is 18.7 Å². The first-order valence-corrected chi connectivity index (χ1v) is 10.3. The van der Waals surface area contributed by atoms with Gasteiger partial charge in [0.2, 0.25) is 6.79 Å². The second-order valence-electron chi connectivity index (χ2n) is 6.79. The van der Waals surface area contributed by atoms with Gasteiger partial charge >= 0.3 is 0 Å². The van der Waals surface area contributed by atoms with E-state index >= 15 is 0 Å². The number of amides is 1. The first-order chi connectivity index (χ1) is 14.7. The number of carbonyl (C=O) groups is 1. The van der Waals surface area contributed by atoms with Crippen molar-refractivity contribution >= 4 is 32.6 Å². The zero-order valence-electron chi connectivity index (χ0n) is 15.9. The van der Waals surface area contributed by atoms with Crippen LogP contribution in [-0.4, -0.2) is 22.7 Å². The number of pyridine rings is 1. The molecule has 0 saturated carbocycles. The van der Waals surface area contributed by atoms with Gasteiger partial charge in [-0.1, -0.05) is 23.5 Å². The lowest BCUT2D eigenvalue weighted by Crippen LogP contribution is -2.22. The Balaban J connectivity index is 1.25. The van der Waals surface area contributed by atoms with Crippen LogP contribution >= 0.6 is 11.3 Å². The molecule has 0 radical (unpaired) electrons. The molecule has 0 bridgehead atoms. The summed E-state index contributed by atoms with van der Waals surface area (Å²) in [7, 11) is 0. The second-order valence-corrected chi connectivity index (χ2v) is 7.82. The summed E-state index contributed by atoms with van der Waals surface area (Å²) in [6.07, 6.45) is 3.45. The molecule has 7 nitrogen and oxygen atoms in total. The van der Waals surface area contributed by atoms with Gasteiger partial charge in [0.05, 0.1) is 10.2 Å². The molecule has 30 heavy (non-hydrogen) atoms. The summed E-state index contributed by atoms with van der Waals surface area (Å²) in [5, 5.41) is 7.06.